The minimum Gasteiger partial charge on any atom is -0.496 e. The van der Waals surface area contributed by atoms with Crippen molar-refractivity contribution in [3.8, 4) is 17.9 Å². The lowest BCUT2D eigenvalue weighted by Gasteiger charge is -2.60. The summed E-state index contributed by atoms with van der Waals surface area (Å²) >= 11 is 6.26. The average Bonchev–Trinajstić information content (AvgIpc) is 3.05. The molecular weight excluding hydrogens is 540 g/mol. The van der Waals surface area contributed by atoms with Crippen LogP contribution in [-0.2, 0) is 12.8 Å². The SMILES string of the molecule is COc1ccccc1C1C2(C#N)CN(CCc3ccccc3)CC1(C#N)C1=NCN(CCc3ccccc3)CN1C2=S. The van der Waals surface area contributed by atoms with Crippen LogP contribution in [0, 0.1) is 33.5 Å². The average molecular weight is 575 g/mol. The molecule has 8 heteroatoms. The van der Waals surface area contributed by atoms with Crippen LogP contribution in [0.5, 0.6) is 5.75 Å². The topological polar surface area (TPSA) is 78.9 Å². The standard InChI is InChI=1S/C34H34N6OS/c1-41-29-15-9-8-14-28(29)30-33(20-35)22-38(18-16-26-10-4-2-5-11-26)23-34(30,21-36)32(42)40-25-39(24-37-31(33)40)19-17-27-12-6-3-7-13-27/h2-15,30H,16-19,22-25H2,1H3. The fourth-order valence-corrected chi connectivity index (χ4v) is 7.37. The zero-order valence-electron chi connectivity index (χ0n) is 23.8. The Morgan fingerprint density at radius 3 is 2.02 bits per heavy atom. The summed E-state index contributed by atoms with van der Waals surface area (Å²) in [6, 6.07) is 33.9. The van der Waals surface area contributed by atoms with Crippen molar-refractivity contribution in [2.24, 2.45) is 15.8 Å². The number of piperidine rings is 2. The van der Waals surface area contributed by atoms with E-state index in [1.807, 2.05) is 53.4 Å². The fraction of sp³-hybridized carbons (Fsp3) is 0.353. The van der Waals surface area contributed by atoms with Gasteiger partial charge in [0.1, 0.15) is 27.4 Å². The zero-order chi connectivity index (χ0) is 29.2. The number of nitrogens with zero attached hydrogens (tertiary/aromatic N) is 6. The Balaban J connectivity index is 1.40. The van der Waals surface area contributed by atoms with Crippen molar-refractivity contribution in [2.75, 3.05) is 46.6 Å². The highest BCUT2D eigenvalue weighted by Gasteiger charge is 2.68. The largest absolute Gasteiger partial charge is 0.496 e. The van der Waals surface area contributed by atoms with Gasteiger partial charge in [-0.3, -0.25) is 14.8 Å². The Morgan fingerprint density at radius 1 is 0.833 bits per heavy atom. The lowest BCUT2D eigenvalue weighted by Crippen LogP contribution is -2.73. The Bertz CT molecular complexity index is 1560. The van der Waals surface area contributed by atoms with Gasteiger partial charge in [-0.05, 0) is 30.0 Å². The first-order valence-electron chi connectivity index (χ1n) is 14.4. The van der Waals surface area contributed by atoms with E-state index in [0.717, 1.165) is 24.9 Å². The molecule has 0 aromatic heterocycles. The number of fused-ring (bicyclic) bond motifs is 4. The smallest absolute Gasteiger partial charge is 0.136 e. The van der Waals surface area contributed by atoms with Crippen LogP contribution < -0.4 is 4.74 Å². The summed E-state index contributed by atoms with van der Waals surface area (Å²) in [7, 11) is 1.63. The molecule has 3 aromatic rings. The third-order valence-electron chi connectivity index (χ3n) is 8.94. The molecule has 7 nitrogen and oxygen atoms in total. The van der Waals surface area contributed by atoms with Crippen molar-refractivity contribution >= 4 is 23.0 Å². The van der Waals surface area contributed by atoms with E-state index in [9.17, 15) is 10.5 Å². The number of benzene rings is 3. The molecule has 0 N–H and O–H groups in total. The van der Waals surface area contributed by atoms with E-state index in [-0.39, 0.29) is 0 Å². The van der Waals surface area contributed by atoms with Crippen LogP contribution in [0.1, 0.15) is 22.6 Å². The van der Waals surface area contributed by atoms with Crippen molar-refractivity contribution in [3.63, 3.8) is 0 Å². The van der Waals surface area contributed by atoms with Gasteiger partial charge in [0.15, 0.2) is 0 Å². The Labute approximate surface area is 253 Å². The highest BCUT2D eigenvalue weighted by atomic mass is 32.1. The second-order valence-electron chi connectivity index (χ2n) is 11.4. The molecule has 0 radical (unpaired) electrons. The van der Waals surface area contributed by atoms with E-state index in [4.69, 9.17) is 21.9 Å². The molecule has 0 aliphatic carbocycles. The minimum atomic E-state index is -1.11. The molecule has 2 saturated heterocycles. The van der Waals surface area contributed by atoms with Crippen LogP contribution in [-0.4, -0.2) is 72.2 Å². The maximum Gasteiger partial charge on any atom is 0.136 e. The predicted molar refractivity (Wildman–Crippen MR) is 167 cm³/mol. The number of methoxy groups -OCH3 is 1. The van der Waals surface area contributed by atoms with Gasteiger partial charge in [-0.25, -0.2) is 0 Å². The predicted octanol–water partition coefficient (Wildman–Crippen LogP) is 4.87. The van der Waals surface area contributed by atoms with E-state index in [1.165, 1.54) is 11.1 Å². The molecule has 0 amide bonds. The van der Waals surface area contributed by atoms with Crippen LogP contribution in [0.25, 0.3) is 0 Å². The number of amidine groups is 1. The maximum atomic E-state index is 11.2. The van der Waals surface area contributed by atoms with Gasteiger partial charge in [0, 0.05) is 37.7 Å². The molecule has 3 unspecified atom stereocenters. The van der Waals surface area contributed by atoms with Gasteiger partial charge in [0.05, 0.1) is 32.6 Å². The lowest BCUT2D eigenvalue weighted by molar-refractivity contribution is 0.0578. The first-order chi connectivity index (χ1) is 20.5. The number of thiocarbonyl (C=S) groups is 1. The van der Waals surface area contributed by atoms with E-state index in [2.05, 4.69) is 58.3 Å². The molecule has 2 fully saturated rings. The number of nitriles is 2. The first kappa shape index (κ1) is 28.1. The normalized spacial score (nSPS) is 25.6. The Kier molecular flexibility index (Phi) is 7.79. The summed E-state index contributed by atoms with van der Waals surface area (Å²) < 4.78 is 5.80. The van der Waals surface area contributed by atoms with Crippen molar-refractivity contribution in [1.29, 1.82) is 10.5 Å². The van der Waals surface area contributed by atoms with Gasteiger partial charge in [-0.2, -0.15) is 10.5 Å². The summed E-state index contributed by atoms with van der Waals surface area (Å²) in [5.74, 6) is 0.830. The molecule has 212 valence electrons. The van der Waals surface area contributed by atoms with Gasteiger partial charge in [0.2, 0.25) is 0 Å². The highest BCUT2D eigenvalue weighted by Crippen LogP contribution is 2.59. The summed E-state index contributed by atoms with van der Waals surface area (Å²) in [6.07, 6.45) is 1.70. The quantitative estimate of drug-likeness (QED) is 0.355. The molecule has 3 atom stereocenters. The van der Waals surface area contributed by atoms with Gasteiger partial charge < -0.3 is 9.64 Å². The van der Waals surface area contributed by atoms with Gasteiger partial charge in [-0.1, -0.05) is 91.1 Å². The molecule has 3 aromatic carbocycles. The summed E-state index contributed by atoms with van der Waals surface area (Å²) in [4.78, 5) is 12.1. The van der Waals surface area contributed by atoms with Crippen LogP contribution in [0.3, 0.4) is 0 Å². The number of likely N-dealkylation sites (tertiary alicyclic amines) is 1. The molecule has 0 spiro atoms. The lowest BCUT2D eigenvalue weighted by atomic mass is 9.53. The third kappa shape index (κ3) is 4.76. The summed E-state index contributed by atoms with van der Waals surface area (Å²) in [6.45, 7) is 3.42. The Hall–Kier alpha value is -4.08. The van der Waals surface area contributed by atoms with Crippen molar-refractivity contribution in [1.82, 2.24) is 14.7 Å². The van der Waals surface area contributed by atoms with E-state index in [1.54, 1.807) is 7.11 Å². The van der Waals surface area contributed by atoms with Crippen LogP contribution in [0.15, 0.2) is 89.9 Å². The number of aliphatic imine (C=N–C) groups is 1. The van der Waals surface area contributed by atoms with Gasteiger partial charge >= 0.3 is 0 Å². The molecule has 6 rings (SSSR count). The van der Waals surface area contributed by atoms with Crippen molar-refractivity contribution in [3.05, 3.63) is 102 Å². The van der Waals surface area contributed by atoms with Crippen LogP contribution >= 0.6 is 12.2 Å². The highest BCUT2D eigenvalue weighted by molar-refractivity contribution is 7.80. The first-order valence-corrected chi connectivity index (χ1v) is 14.8. The number of hydrogen-bond donors (Lipinski definition) is 0. The Morgan fingerprint density at radius 2 is 1.40 bits per heavy atom. The maximum absolute atomic E-state index is 11.2. The van der Waals surface area contributed by atoms with Crippen molar-refractivity contribution < 1.29 is 4.74 Å². The van der Waals surface area contributed by atoms with Crippen LogP contribution in [0.2, 0.25) is 0 Å². The molecule has 3 aliphatic heterocycles. The molecule has 42 heavy (non-hydrogen) atoms. The zero-order valence-corrected chi connectivity index (χ0v) is 24.6. The van der Waals surface area contributed by atoms with E-state index >= 15 is 0 Å². The fourth-order valence-electron chi connectivity index (χ4n) is 7.00. The molecule has 3 aliphatic rings. The van der Waals surface area contributed by atoms with Crippen LogP contribution in [0.4, 0.5) is 0 Å². The number of rotatable bonds is 8. The molecule has 0 saturated carbocycles. The summed E-state index contributed by atoms with van der Waals surface area (Å²) in [5, 5.41) is 22.2. The minimum absolute atomic E-state index is 0.440. The molecular formula is C34H34N6OS. The van der Waals surface area contributed by atoms with Gasteiger partial charge in [-0.15, -0.1) is 0 Å². The summed E-state index contributed by atoms with van der Waals surface area (Å²) in [5.41, 5.74) is 1.13. The van der Waals surface area contributed by atoms with Gasteiger partial charge in [0.25, 0.3) is 0 Å². The second-order valence-corrected chi connectivity index (χ2v) is 11.8. The van der Waals surface area contributed by atoms with E-state index < -0.39 is 16.7 Å². The number of hydrogen-bond acceptors (Lipinski definition) is 7. The second kappa shape index (κ2) is 11.7. The third-order valence-corrected chi connectivity index (χ3v) is 9.53. The van der Waals surface area contributed by atoms with Crippen molar-refractivity contribution in [2.45, 2.75) is 18.8 Å². The number of ether oxygens (including phenoxy) is 1. The molecule has 2 bridgehead atoms. The van der Waals surface area contributed by atoms with E-state index in [0.29, 0.717) is 49.5 Å². The number of para-hydroxylation sites is 1. The monoisotopic (exact) mass is 574 g/mol. The molecule has 3 heterocycles.